The number of benzene rings is 3. The van der Waals surface area contributed by atoms with Crippen LogP contribution in [-0.4, -0.2) is 15.7 Å². The summed E-state index contributed by atoms with van der Waals surface area (Å²) in [4.78, 5) is 12.4. The van der Waals surface area contributed by atoms with E-state index in [0.717, 1.165) is 22.6 Å². The average Bonchev–Trinajstić information content (AvgIpc) is 3.22. The van der Waals surface area contributed by atoms with Crippen molar-refractivity contribution in [1.82, 2.24) is 9.78 Å². The Hall–Kier alpha value is -3.87. The second-order valence-corrected chi connectivity index (χ2v) is 8.12. The van der Waals surface area contributed by atoms with Gasteiger partial charge in [0.1, 0.15) is 5.82 Å². The van der Waals surface area contributed by atoms with Crippen LogP contribution in [0.1, 0.15) is 30.2 Å². The van der Waals surface area contributed by atoms with E-state index in [0.29, 0.717) is 11.3 Å². The van der Waals surface area contributed by atoms with E-state index in [1.54, 1.807) is 41.1 Å². The van der Waals surface area contributed by atoms with Gasteiger partial charge in [0.15, 0.2) is 0 Å². The number of nitrogens with one attached hydrogen (secondary N) is 1. The monoisotopic (exact) mass is 463 g/mol. The molecule has 0 saturated heterocycles. The molecule has 1 aromatic heterocycles. The number of nitrogens with zero attached hydrogens (tertiary/aromatic N) is 2. The fourth-order valence-electron chi connectivity index (χ4n) is 3.67. The minimum Gasteiger partial charge on any atom is -0.326 e. The molecule has 1 heterocycles. The first-order valence-electron chi connectivity index (χ1n) is 11.0. The van der Waals surface area contributed by atoms with Gasteiger partial charge in [-0.2, -0.15) is 5.10 Å². The predicted molar refractivity (Wildman–Crippen MR) is 127 cm³/mol. The van der Waals surface area contributed by atoms with Crippen molar-refractivity contribution in [2.75, 3.05) is 5.32 Å². The van der Waals surface area contributed by atoms with E-state index in [4.69, 9.17) is 0 Å². The van der Waals surface area contributed by atoms with Crippen molar-refractivity contribution in [2.45, 2.75) is 32.6 Å². The molecule has 3 aromatic carbocycles. The lowest BCUT2D eigenvalue weighted by Gasteiger charge is -2.14. The molecule has 7 heteroatoms. The number of hydrogen-bond donors (Lipinski definition) is 1. The lowest BCUT2D eigenvalue weighted by Crippen LogP contribution is -2.15. The number of aryl methyl sites for hydroxylation is 1. The van der Waals surface area contributed by atoms with Gasteiger partial charge in [0, 0.05) is 23.2 Å². The fourth-order valence-corrected chi connectivity index (χ4v) is 3.67. The highest BCUT2D eigenvalue weighted by Gasteiger charge is 2.28. The van der Waals surface area contributed by atoms with Crippen LogP contribution in [0.3, 0.4) is 0 Å². The van der Waals surface area contributed by atoms with E-state index in [9.17, 15) is 18.0 Å². The smallest absolute Gasteiger partial charge is 0.273 e. The van der Waals surface area contributed by atoms with Crippen molar-refractivity contribution in [3.63, 3.8) is 0 Å². The Morgan fingerprint density at radius 3 is 2.24 bits per heavy atom. The molecule has 0 aliphatic rings. The maximum atomic E-state index is 13.8. The molecule has 1 N–H and O–H groups in total. The number of anilines is 1. The van der Waals surface area contributed by atoms with Gasteiger partial charge in [0.2, 0.25) is 5.91 Å². The van der Waals surface area contributed by atoms with Crippen LogP contribution in [0, 0.1) is 12.7 Å². The Bertz CT molecular complexity index is 1280. The number of halogens is 3. The zero-order chi connectivity index (χ0) is 24.3. The fraction of sp³-hybridized carbons (Fsp3) is 0.185. The third kappa shape index (κ3) is 5.20. The van der Waals surface area contributed by atoms with Gasteiger partial charge in [-0.1, -0.05) is 31.2 Å². The van der Waals surface area contributed by atoms with Crippen LogP contribution < -0.4 is 5.32 Å². The molecule has 34 heavy (non-hydrogen) atoms. The number of carbonyl (C=O) groups excluding carboxylic acids is 1. The van der Waals surface area contributed by atoms with Crippen LogP contribution in [0.2, 0.25) is 0 Å². The van der Waals surface area contributed by atoms with E-state index in [-0.39, 0.29) is 30.1 Å². The van der Waals surface area contributed by atoms with Gasteiger partial charge in [-0.3, -0.25) is 4.79 Å². The van der Waals surface area contributed by atoms with E-state index >= 15 is 0 Å². The Labute approximate surface area is 196 Å². The van der Waals surface area contributed by atoms with Crippen LogP contribution in [0.4, 0.5) is 18.9 Å². The molecule has 0 unspecified atom stereocenters. The number of aromatic nitrogens is 2. The average molecular weight is 464 g/mol. The molecule has 0 saturated carbocycles. The largest absolute Gasteiger partial charge is 0.326 e. The van der Waals surface area contributed by atoms with Gasteiger partial charge >= 0.3 is 0 Å². The Morgan fingerprint density at radius 1 is 0.971 bits per heavy atom. The van der Waals surface area contributed by atoms with Crippen LogP contribution in [-0.2, 0) is 17.1 Å². The number of alkyl halides is 2. The molecule has 0 radical (unpaired) electrons. The summed E-state index contributed by atoms with van der Waals surface area (Å²) in [6, 6.07) is 21.2. The maximum Gasteiger partial charge on any atom is 0.273 e. The summed E-state index contributed by atoms with van der Waals surface area (Å²) < 4.78 is 42.6. The standard InChI is InChI=1S/C27H24F3N3O/c1-3-27(29,30)21-8-4-19(5-9-21)17-26(34)31-23-12-14-24(15-13-23)33-25(16-18(2)32-33)20-6-10-22(28)11-7-20/h4-16H,3,17H2,1-2H3,(H,31,34). The molecule has 0 aliphatic carbocycles. The molecule has 0 spiro atoms. The highest BCUT2D eigenvalue weighted by Crippen LogP contribution is 2.31. The van der Waals surface area contributed by atoms with Gasteiger partial charge in [-0.05, 0) is 67.1 Å². The lowest BCUT2D eigenvalue weighted by atomic mass is 10.0. The number of rotatable bonds is 7. The molecule has 0 aliphatic heterocycles. The minimum absolute atomic E-state index is 0.0522. The number of hydrogen-bond acceptors (Lipinski definition) is 2. The first kappa shape index (κ1) is 23.3. The van der Waals surface area contributed by atoms with Gasteiger partial charge < -0.3 is 5.32 Å². The normalized spacial score (nSPS) is 11.4. The quantitative estimate of drug-likeness (QED) is 0.333. The molecule has 4 rings (SSSR count). The first-order valence-corrected chi connectivity index (χ1v) is 11.0. The summed E-state index contributed by atoms with van der Waals surface area (Å²) in [7, 11) is 0. The van der Waals surface area contributed by atoms with Crippen LogP contribution >= 0.6 is 0 Å². The van der Waals surface area contributed by atoms with Crippen molar-refractivity contribution in [3.05, 3.63) is 102 Å². The highest BCUT2D eigenvalue weighted by molar-refractivity contribution is 5.92. The maximum absolute atomic E-state index is 13.8. The van der Waals surface area contributed by atoms with Gasteiger partial charge in [-0.25, -0.2) is 17.9 Å². The van der Waals surface area contributed by atoms with Gasteiger partial charge in [0.25, 0.3) is 5.92 Å². The van der Waals surface area contributed by atoms with E-state index in [1.165, 1.54) is 31.2 Å². The summed E-state index contributed by atoms with van der Waals surface area (Å²) >= 11 is 0. The molecule has 4 nitrogen and oxygen atoms in total. The first-order chi connectivity index (χ1) is 16.2. The second-order valence-electron chi connectivity index (χ2n) is 8.12. The van der Waals surface area contributed by atoms with E-state index in [1.807, 2.05) is 25.1 Å². The van der Waals surface area contributed by atoms with Gasteiger partial charge in [-0.15, -0.1) is 0 Å². The van der Waals surface area contributed by atoms with Crippen molar-refractivity contribution in [1.29, 1.82) is 0 Å². The van der Waals surface area contributed by atoms with Crippen LogP contribution in [0.15, 0.2) is 78.9 Å². The highest BCUT2D eigenvalue weighted by atomic mass is 19.3. The van der Waals surface area contributed by atoms with Crippen molar-refractivity contribution in [2.24, 2.45) is 0 Å². The summed E-state index contributed by atoms with van der Waals surface area (Å²) in [5.74, 6) is -3.42. The Balaban J connectivity index is 1.45. The van der Waals surface area contributed by atoms with Crippen LogP contribution in [0.5, 0.6) is 0 Å². The van der Waals surface area contributed by atoms with Crippen molar-refractivity contribution in [3.8, 4) is 16.9 Å². The lowest BCUT2D eigenvalue weighted by molar-refractivity contribution is -0.115. The zero-order valence-electron chi connectivity index (χ0n) is 18.9. The SMILES string of the molecule is CCC(F)(F)c1ccc(CC(=O)Nc2ccc(-n3nc(C)cc3-c3ccc(F)cc3)cc2)cc1. The summed E-state index contributed by atoms with van der Waals surface area (Å²) in [5.41, 5.74) is 4.48. The Kier molecular flexibility index (Phi) is 6.54. The molecule has 0 fully saturated rings. The minimum atomic E-state index is -2.87. The molecule has 174 valence electrons. The summed E-state index contributed by atoms with van der Waals surface area (Å²) in [5, 5.41) is 7.36. The molecular formula is C27H24F3N3O. The van der Waals surface area contributed by atoms with Crippen molar-refractivity contribution >= 4 is 11.6 Å². The van der Waals surface area contributed by atoms with Crippen molar-refractivity contribution < 1.29 is 18.0 Å². The second kappa shape index (κ2) is 9.55. The summed E-state index contributed by atoms with van der Waals surface area (Å²) in [6.45, 7) is 3.32. The third-order valence-electron chi connectivity index (χ3n) is 5.55. The molecule has 0 atom stereocenters. The predicted octanol–water partition coefficient (Wildman–Crippen LogP) is 6.67. The van der Waals surface area contributed by atoms with Crippen LogP contribution in [0.25, 0.3) is 16.9 Å². The molecule has 0 bridgehead atoms. The zero-order valence-corrected chi connectivity index (χ0v) is 18.9. The molecular weight excluding hydrogens is 439 g/mol. The number of amides is 1. The summed E-state index contributed by atoms with van der Waals surface area (Å²) in [6.07, 6.45) is -0.195. The third-order valence-corrected chi connectivity index (χ3v) is 5.55. The Morgan fingerprint density at radius 2 is 1.62 bits per heavy atom. The van der Waals surface area contributed by atoms with Gasteiger partial charge in [0.05, 0.1) is 23.5 Å². The topological polar surface area (TPSA) is 46.9 Å². The molecule has 4 aromatic rings. The number of carbonyl (C=O) groups is 1. The van der Waals surface area contributed by atoms with E-state index < -0.39 is 5.92 Å². The molecule has 1 amide bonds. The van der Waals surface area contributed by atoms with E-state index in [2.05, 4.69) is 10.4 Å².